The van der Waals surface area contributed by atoms with E-state index < -0.39 is 127 Å². The van der Waals surface area contributed by atoms with Crippen molar-refractivity contribution in [1.82, 2.24) is 16.1 Å². The highest BCUT2D eigenvalue weighted by atomic mass is 33.5. The Hall–Kier alpha value is -4.42. The first-order chi connectivity index (χ1) is 42.5. The van der Waals surface area contributed by atoms with Crippen molar-refractivity contribution in [3.05, 3.63) is 65.1 Å². The number of carbonyl (C=O) groups excluding carboxylic acids is 4. The summed E-state index contributed by atoms with van der Waals surface area (Å²) < 4.78 is 72.3. The van der Waals surface area contributed by atoms with Crippen molar-refractivity contribution in [3.63, 3.8) is 0 Å². The van der Waals surface area contributed by atoms with Gasteiger partial charge in [0.05, 0.1) is 100 Å². The SMILES string of the molecule is C=C(OC)C(=O)Nc1cc(OC)c(OC)cc1C(=O)C[C@H]1C[C@H](O[C@@H]2C(=O)C(NC(=O)OC)=C3/C(=C\CSSSC)[C@]2(O)C#C/C=C\C#C[C@@H]3O[C@@H]2O[C@H](C)[C@@H](NO[C@H]3C[C@H](O)[C@H](SC)[C@@H](C)O3)[C@H](O)[C@H]2O[C@H]2C[C@H](OC)[C@@H](NC(C)C)CO2)O[C@@H](C)[C@@H]1O. The molecule has 19 atom stereocenters. The number of aliphatic hydroxyl groups is 4. The maximum Gasteiger partial charge on any atom is 0.411 e. The van der Waals surface area contributed by atoms with Crippen LogP contribution < -0.4 is 30.9 Å². The van der Waals surface area contributed by atoms with Gasteiger partial charge >= 0.3 is 6.09 Å². The van der Waals surface area contributed by atoms with E-state index in [1.54, 1.807) is 27.0 Å². The van der Waals surface area contributed by atoms with Gasteiger partial charge in [-0.2, -0.15) is 17.2 Å². The average molecular weight is 1320 g/mol. The normalized spacial score (nSPS) is 34.5. The number of methoxy groups -OCH3 is 5. The highest BCUT2D eigenvalue weighted by molar-refractivity contribution is 9.09. The molecular formula is C60H82N4O21S4. The zero-order valence-electron chi connectivity index (χ0n) is 51.7. The number of amides is 2. The molecule has 4 saturated heterocycles. The molecule has 4 fully saturated rings. The van der Waals surface area contributed by atoms with Crippen LogP contribution in [0.1, 0.15) is 70.7 Å². The zero-order chi connectivity index (χ0) is 64.9. The number of nitrogens with one attached hydrogen (secondary N) is 4. The molecule has 2 bridgehead atoms. The number of ketones is 2. The van der Waals surface area contributed by atoms with E-state index in [1.165, 1.54) is 88.8 Å². The number of aliphatic hydroxyl groups excluding tert-OH is 3. The van der Waals surface area contributed by atoms with Crippen molar-refractivity contribution in [2.45, 2.75) is 175 Å². The van der Waals surface area contributed by atoms with E-state index in [0.717, 1.165) is 7.11 Å². The van der Waals surface area contributed by atoms with E-state index in [-0.39, 0.29) is 101 Å². The number of benzene rings is 1. The Bertz CT molecular complexity index is 2890. The Balaban J connectivity index is 1.27. The topological polar surface area (TPSA) is 317 Å². The Morgan fingerprint density at radius 2 is 1.58 bits per heavy atom. The molecule has 8 N–H and O–H groups in total. The molecule has 1 aromatic rings. The highest BCUT2D eigenvalue weighted by Crippen LogP contribution is 2.45. The summed E-state index contributed by atoms with van der Waals surface area (Å²) in [6, 6.07) is 1.61. The first-order valence-electron chi connectivity index (χ1n) is 28.8. The number of alkyl carbamates (subject to hydrolysis) is 1. The molecule has 0 spiro atoms. The first-order valence-corrected chi connectivity index (χ1v) is 34.1. The fourth-order valence-electron chi connectivity index (χ4n) is 11.2. The van der Waals surface area contributed by atoms with E-state index in [9.17, 15) is 34.8 Å². The number of rotatable bonds is 26. The predicted octanol–water partition coefficient (Wildman–Crippen LogP) is 4.08. The molecule has 2 amide bonds. The summed E-state index contributed by atoms with van der Waals surface area (Å²) in [5.41, 5.74) is -0.466. The van der Waals surface area contributed by atoms with Gasteiger partial charge in [0.15, 0.2) is 59.9 Å². The highest BCUT2D eigenvalue weighted by Gasteiger charge is 2.57. The molecular weight excluding hydrogens is 1240 g/mol. The summed E-state index contributed by atoms with van der Waals surface area (Å²) in [4.78, 5) is 62.8. The standard InChI is InChI=1S/C60H82N4O21S4/c1-29(2)61-38-28-78-45(27-42(38)74-8)83-54-52(68)49(64-85-47-26-40(66)55(86-12)32(5)80-47)30(3)81-58(54)82-41-18-16-14-15-17-20-60(72)36(19-21-88-89-87-13)48(41)50(63-59(71)77-11)53(69)56(60)84-46-23-34(51(67)31(4)79-46)22-39(65)35-24-43(75-9)44(76-10)25-37(35)62-57(70)33(6)73-7/h14-15,19,24-25,29-32,34,38,40-42,45-47,49,51-52,54-56,58,61,64,66-68,72H,6,21-23,26-28H2,1-5,7-13H3,(H,62,70)(H,63,71)/b15-14-,36-19+/t30-,31+,32-,34+,38+,40+,41+,42+,45+,46+,47+,49-,51+,52+,54-,55-,56-,58+,60-/m1/s1. The van der Waals surface area contributed by atoms with Crippen molar-refractivity contribution in [3.8, 4) is 35.2 Å². The van der Waals surface area contributed by atoms with Crippen molar-refractivity contribution in [2.75, 3.05) is 65.7 Å². The van der Waals surface area contributed by atoms with Gasteiger partial charge in [0.1, 0.15) is 18.3 Å². The Labute approximate surface area is 534 Å². The fraction of sp³-hybridized carbons (Fsp3) is 0.633. The minimum absolute atomic E-state index is 0.0140. The van der Waals surface area contributed by atoms with Crippen molar-refractivity contribution < 1.29 is 101 Å². The van der Waals surface area contributed by atoms with Crippen LogP contribution in [0.5, 0.6) is 11.5 Å². The number of anilines is 1. The smallest absolute Gasteiger partial charge is 0.411 e. The third-order valence-corrected chi connectivity index (χ3v) is 20.7. The second-order valence-corrected chi connectivity index (χ2v) is 27.2. The largest absolute Gasteiger partial charge is 0.493 e. The second kappa shape index (κ2) is 33.4. The van der Waals surface area contributed by atoms with Crippen molar-refractivity contribution in [2.24, 2.45) is 5.92 Å². The second-order valence-electron chi connectivity index (χ2n) is 21.9. The number of fused-ring (bicyclic) bond motifs is 2. The van der Waals surface area contributed by atoms with Crippen LogP contribution in [0, 0.1) is 29.6 Å². The van der Waals surface area contributed by atoms with Crippen molar-refractivity contribution >= 4 is 72.4 Å². The third kappa shape index (κ3) is 17.6. The maximum absolute atomic E-state index is 15.6. The molecule has 0 saturated carbocycles. The minimum atomic E-state index is -2.62. The van der Waals surface area contributed by atoms with Crippen LogP contribution in [0.3, 0.4) is 0 Å². The van der Waals surface area contributed by atoms with Crippen LogP contribution in [-0.4, -0.2) is 220 Å². The molecule has 0 radical (unpaired) electrons. The number of hydrogen-bond donors (Lipinski definition) is 8. The molecule has 0 aromatic heterocycles. The molecule has 492 valence electrons. The van der Waals surface area contributed by atoms with Gasteiger partial charge < -0.3 is 87.9 Å². The van der Waals surface area contributed by atoms with Gasteiger partial charge in [-0.15, -0.1) is 0 Å². The third-order valence-electron chi connectivity index (χ3n) is 15.7. The molecule has 4 heterocycles. The van der Waals surface area contributed by atoms with Gasteiger partial charge in [-0.1, -0.05) is 71.8 Å². The van der Waals surface area contributed by atoms with Gasteiger partial charge in [-0.05, 0) is 67.2 Å². The van der Waals surface area contributed by atoms with E-state index in [2.05, 4.69) is 51.7 Å². The van der Waals surface area contributed by atoms with Crippen LogP contribution in [-0.2, 0) is 61.8 Å². The van der Waals surface area contributed by atoms with Gasteiger partial charge in [-0.3, -0.25) is 24.5 Å². The molecule has 29 heteroatoms. The number of Topliss-reactive ketones (excluding diaryl/α,β-unsaturated/α-hetero) is 2. The summed E-state index contributed by atoms with van der Waals surface area (Å²) in [6.45, 7) is 12.8. The lowest BCUT2D eigenvalue weighted by molar-refractivity contribution is -0.336. The summed E-state index contributed by atoms with van der Waals surface area (Å²) in [6.07, 6.45) is -9.70. The van der Waals surface area contributed by atoms with Gasteiger partial charge in [0.2, 0.25) is 5.78 Å². The molecule has 0 unspecified atom stereocenters. The zero-order valence-corrected chi connectivity index (χ0v) is 54.9. The number of thioether (sulfide) groups is 1. The first kappa shape index (κ1) is 72.0. The fourth-order valence-corrected chi connectivity index (χ4v) is 14.5. The van der Waals surface area contributed by atoms with Gasteiger partial charge in [-0.25, -0.2) is 4.79 Å². The van der Waals surface area contributed by atoms with Crippen LogP contribution >= 0.6 is 43.2 Å². The quantitative estimate of drug-likeness (QED) is 0.0123. The van der Waals surface area contributed by atoms with Crippen LogP contribution in [0.15, 0.2) is 59.5 Å². The van der Waals surface area contributed by atoms with Crippen LogP contribution in [0.25, 0.3) is 0 Å². The van der Waals surface area contributed by atoms with Gasteiger partial charge in [0.25, 0.3) is 5.91 Å². The number of allylic oxidation sites excluding steroid dienone is 2. The lowest BCUT2D eigenvalue weighted by Gasteiger charge is -2.47. The molecule has 2 aliphatic carbocycles. The predicted molar refractivity (Wildman–Crippen MR) is 333 cm³/mol. The van der Waals surface area contributed by atoms with Crippen LogP contribution in [0.4, 0.5) is 10.5 Å². The van der Waals surface area contributed by atoms with E-state index in [1.807, 2.05) is 33.3 Å². The molecule has 6 aliphatic rings. The Morgan fingerprint density at radius 1 is 0.865 bits per heavy atom. The summed E-state index contributed by atoms with van der Waals surface area (Å²) in [5.74, 6) is 8.54. The average Bonchev–Trinajstić information content (AvgIpc) is 0.971. The number of hydroxylamine groups is 1. The molecule has 25 nitrogen and oxygen atoms in total. The lowest BCUT2D eigenvalue weighted by Crippen LogP contribution is -2.65. The summed E-state index contributed by atoms with van der Waals surface area (Å²) in [7, 11) is 10.9. The Kier molecular flexibility index (Phi) is 27.0. The molecule has 1 aromatic carbocycles. The molecule has 4 aliphatic heterocycles. The number of carbonyl (C=O) groups is 4. The molecule has 89 heavy (non-hydrogen) atoms. The molecule has 7 rings (SSSR count). The maximum atomic E-state index is 15.6. The summed E-state index contributed by atoms with van der Waals surface area (Å²) in [5, 5.41) is 57.1. The number of ether oxygens (including phenoxy) is 12. The van der Waals surface area contributed by atoms with Gasteiger partial charge in [0, 0.05) is 67.4 Å². The van der Waals surface area contributed by atoms with E-state index >= 15 is 4.79 Å². The van der Waals surface area contributed by atoms with Crippen LogP contribution in [0.2, 0.25) is 0 Å². The number of hydrogen-bond acceptors (Lipinski definition) is 27. The summed E-state index contributed by atoms with van der Waals surface area (Å²) >= 11 is 1.48. The Morgan fingerprint density at radius 3 is 2.25 bits per heavy atom. The minimum Gasteiger partial charge on any atom is -0.493 e. The lowest BCUT2D eigenvalue weighted by atomic mass is 9.73. The van der Waals surface area contributed by atoms with E-state index in [4.69, 9.17) is 61.7 Å². The van der Waals surface area contributed by atoms with Crippen molar-refractivity contribution in [1.29, 1.82) is 0 Å². The monoisotopic (exact) mass is 1320 g/mol. The van der Waals surface area contributed by atoms with E-state index in [0.29, 0.717) is 0 Å².